The number of piperidine rings is 1. The second-order valence-corrected chi connectivity index (χ2v) is 9.05. The van der Waals surface area contributed by atoms with Crippen molar-refractivity contribution in [3.8, 4) is 5.75 Å². The standard InChI is InChI=1S/C17H23F3N4O3S/c1-27-28(2,26)23-8-11-4-3-7-24(9-11)16-14-13(21-10-22-16)6-5-12(15(14)25)17(18,19)20/h5-6,10-11,23,25-26H,3-4,7-9H2,1-2H3. The molecule has 7 nitrogen and oxygen atoms in total. The summed E-state index contributed by atoms with van der Waals surface area (Å²) in [6.07, 6.45) is -0.115. The van der Waals surface area contributed by atoms with Gasteiger partial charge in [-0.25, -0.2) is 14.7 Å². The molecule has 11 heteroatoms. The lowest BCUT2D eigenvalue weighted by Gasteiger charge is -2.38. The van der Waals surface area contributed by atoms with Crippen LogP contribution in [0.3, 0.4) is 0 Å². The van der Waals surface area contributed by atoms with E-state index in [2.05, 4.69) is 14.7 Å². The lowest BCUT2D eigenvalue weighted by atomic mass is 9.98. The van der Waals surface area contributed by atoms with Crippen molar-refractivity contribution < 1.29 is 27.0 Å². The average Bonchev–Trinajstić information content (AvgIpc) is 2.65. The minimum absolute atomic E-state index is 0.000414. The zero-order valence-electron chi connectivity index (χ0n) is 15.5. The Hall–Kier alpha value is -1.82. The molecule has 156 valence electrons. The Morgan fingerprint density at radius 3 is 2.79 bits per heavy atom. The van der Waals surface area contributed by atoms with Crippen molar-refractivity contribution in [2.24, 2.45) is 5.92 Å². The highest BCUT2D eigenvalue weighted by atomic mass is 32.3. The van der Waals surface area contributed by atoms with Crippen molar-refractivity contribution in [3.05, 3.63) is 24.0 Å². The van der Waals surface area contributed by atoms with E-state index >= 15 is 0 Å². The maximum Gasteiger partial charge on any atom is 0.419 e. The number of halogens is 3. The fourth-order valence-corrected chi connectivity index (χ4v) is 4.01. The molecule has 2 unspecified atom stereocenters. The van der Waals surface area contributed by atoms with Crippen LogP contribution in [0.2, 0.25) is 0 Å². The third-order valence-electron chi connectivity index (χ3n) is 4.84. The van der Waals surface area contributed by atoms with Crippen molar-refractivity contribution in [1.29, 1.82) is 0 Å². The first kappa shape index (κ1) is 20.9. The Morgan fingerprint density at radius 1 is 1.36 bits per heavy atom. The van der Waals surface area contributed by atoms with Crippen LogP contribution >= 0.6 is 10.8 Å². The van der Waals surface area contributed by atoms with Gasteiger partial charge in [0, 0.05) is 25.9 Å². The summed E-state index contributed by atoms with van der Waals surface area (Å²) in [7, 11) is -0.903. The SMILES string of the molecule is COS(C)(O)NCC1CCCN(c2ncnc3ccc(C(F)(F)F)c(O)c23)C1. The smallest absolute Gasteiger partial charge is 0.419 e. The highest BCUT2D eigenvalue weighted by Crippen LogP contribution is 2.42. The molecule has 3 N–H and O–H groups in total. The fourth-order valence-electron chi connectivity index (χ4n) is 3.34. The first-order chi connectivity index (χ1) is 13.1. The molecule has 2 atom stereocenters. The van der Waals surface area contributed by atoms with E-state index in [1.165, 1.54) is 19.5 Å². The lowest BCUT2D eigenvalue weighted by molar-refractivity contribution is -0.138. The van der Waals surface area contributed by atoms with E-state index in [0.29, 0.717) is 19.6 Å². The maximum absolute atomic E-state index is 13.2. The Labute approximate surface area is 162 Å². The highest BCUT2D eigenvalue weighted by molar-refractivity contribution is 8.22. The van der Waals surface area contributed by atoms with Gasteiger partial charge in [-0.05, 0) is 30.9 Å². The number of hydrogen-bond donors (Lipinski definition) is 3. The van der Waals surface area contributed by atoms with Crippen LogP contribution in [-0.4, -0.2) is 52.6 Å². The number of aromatic nitrogens is 2. The van der Waals surface area contributed by atoms with Crippen LogP contribution in [0.1, 0.15) is 18.4 Å². The van der Waals surface area contributed by atoms with Gasteiger partial charge in [0.15, 0.2) is 0 Å². The van der Waals surface area contributed by atoms with Crippen molar-refractivity contribution in [2.45, 2.75) is 19.0 Å². The van der Waals surface area contributed by atoms with Crippen LogP contribution in [0.4, 0.5) is 19.0 Å². The third-order valence-corrected chi connectivity index (χ3v) is 6.20. The number of benzene rings is 1. The third kappa shape index (κ3) is 4.43. The van der Waals surface area contributed by atoms with Gasteiger partial charge >= 0.3 is 6.18 Å². The van der Waals surface area contributed by atoms with E-state index in [-0.39, 0.29) is 22.6 Å². The Morgan fingerprint density at radius 2 is 2.11 bits per heavy atom. The van der Waals surface area contributed by atoms with Crippen LogP contribution < -0.4 is 9.62 Å². The van der Waals surface area contributed by atoms with E-state index in [4.69, 9.17) is 4.18 Å². The Bertz CT molecular complexity index is 850. The molecule has 1 aromatic carbocycles. The molecule has 0 spiro atoms. The predicted molar refractivity (Wildman–Crippen MR) is 102 cm³/mol. The highest BCUT2D eigenvalue weighted by Gasteiger charge is 2.36. The molecular weight excluding hydrogens is 397 g/mol. The van der Waals surface area contributed by atoms with Crippen LogP contribution in [0.5, 0.6) is 5.75 Å². The van der Waals surface area contributed by atoms with Crippen LogP contribution in [0, 0.1) is 5.92 Å². The minimum atomic E-state index is -4.67. The van der Waals surface area contributed by atoms with Crippen molar-refractivity contribution >= 4 is 27.5 Å². The molecule has 1 aliphatic heterocycles. The number of hydrogen-bond acceptors (Lipinski definition) is 7. The topological polar surface area (TPSA) is 90.7 Å². The molecule has 1 fully saturated rings. The van der Waals surface area contributed by atoms with Gasteiger partial charge in [0.25, 0.3) is 0 Å². The molecule has 0 aliphatic carbocycles. The first-order valence-corrected chi connectivity index (χ1v) is 10.6. The zero-order chi connectivity index (χ0) is 20.5. The normalized spacial score (nSPS) is 21.5. The summed E-state index contributed by atoms with van der Waals surface area (Å²) in [6, 6.07) is 2.07. The number of anilines is 1. The van der Waals surface area contributed by atoms with Crippen LogP contribution in [0.15, 0.2) is 18.5 Å². The number of aromatic hydroxyl groups is 1. The van der Waals surface area contributed by atoms with Gasteiger partial charge < -0.3 is 10.0 Å². The molecule has 0 bridgehead atoms. The van der Waals surface area contributed by atoms with Crippen LogP contribution in [-0.2, 0) is 10.4 Å². The quantitative estimate of drug-likeness (QED) is 0.682. The molecular formula is C17H23F3N4O3S. The molecule has 1 aliphatic rings. The van der Waals surface area contributed by atoms with Crippen molar-refractivity contribution in [2.75, 3.05) is 37.9 Å². The molecule has 3 rings (SSSR count). The van der Waals surface area contributed by atoms with E-state index in [1.54, 1.807) is 6.26 Å². The molecule has 28 heavy (non-hydrogen) atoms. The minimum Gasteiger partial charge on any atom is -0.506 e. The van der Waals surface area contributed by atoms with E-state index in [0.717, 1.165) is 18.9 Å². The van der Waals surface area contributed by atoms with Gasteiger partial charge in [-0.2, -0.15) is 13.2 Å². The number of nitrogens with zero attached hydrogens (tertiary/aromatic N) is 3. The number of rotatable bonds is 5. The maximum atomic E-state index is 13.2. The average molecular weight is 420 g/mol. The lowest BCUT2D eigenvalue weighted by Crippen LogP contribution is -2.40. The number of phenolic OH excluding ortho intramolecular Hbond substituents is 1. The summed E-state index contributed by atoms with van der Waals surface area (Å²) < 4.78 is 57.6. The number of nitrogens with one attached hydrogen (secondary N) is 1. The van der Waals surface area contributed by atoms with E-state index < -0.39 is 28.3 Å². The molecule has 0 saturated carbocycles. The van der Waals surface area contributed by atoms with Crippen molar-refractivity contribution in [3.63, 3.8) is 0 Å². The number of fused-ring (bicyclic) bond motifs is 1. The summed E-state index contributed by atoms with van der Waals surface area (Å²) in [5.41, 5.74) is -0.853. The predicted octanol–water partition coefficient (Wildman–Crippen LogP) is 3.54. The molecule has 1 aromatic heterocycles. The van der Waals surface area contributed by atoms with Gasteiger partial charge in [-0.3, -0.25) is 8.74 Å². The second kappa shape index (κ2) is 7.90. The number of phenols is 1. The molecule has 0 radical (unpaired) electrons. The first-order valence-electron chi connectivity index (χ1n) is 8.72. The monoisotopic (exact) mass is 420 g/mol. The number of alkyl halides is 3. The Balaban J connectivity index is 1.90. The van der Waals surface area contributed by atoms with Gasteiger partial charge in [0.2, 0.25) is 0 Å². The molecule has 2 aromatic rings. The van der Waals surface area contributed by atoms with Gasteiger partial charge in [-0.15, -0.1) is 10.8 Å². The van der Waals surface area contributed by atoms with Crippen LogP contribution in [0.25, 0.3) is 10.9 Å². The van der Waals surface area contributed by atoms with Gasteiger partial charge in [-0.1, -0.05) is 0 Å². The van der Waals surface area contributed by atoms with E-state index in [1.807, 2.05) is 4.90 Å². The molecule has 2 heterocycles. The summed E-state index contributed by atoms with van der Waals surface area (Å²) in [6.45, 7) is 1.62. The Kier molecular flexibility index (Phi) is 5.89. The summed E-state index contributed by atoms with van der Waals surface area (Å²) in [4.78, 5) is 10.0. The van der Waals surface area contributed by atoms with Gasteiger partial charge in [0.05, 0.1) is 23.6 Å². The van der Waals surface area contributed by atoms with Gasteiger partial charge in [0.1, 0.15) is 17.9 Å². The fraction of sp³-hybridized carbons (Fsp3) is 0.529. The van der Waals surface area contributed by atoms with E-state index in [9.17, 15) is 22.8 Å². The summed E-state index contributed by atoms with van der Waals surface area (Å²) >= 11 is 0. The van der Waals surface area contributed by atoms with Crippen molar-refractivity contribution in [1.82, 2.24) is 14.7 Å². The second-order valence-electron chi connectivity index (χ2n) is 6.82. The largest absolute Gasteiger partial charge is 0.506 e. The summed E-state index contributed by atoms with van der Waals surface area (Å²) in [5, 5.41) is 10.3. The zero-order valence-corrected chi connectivity index (χ0v) is 16.3. The molecule has 0 amide bonds. The summed E-state index contributed by atoms with van der Waals surface area (Å²) in [5.74, 6) is -0.433. The molecule has 1 saturated heterocycles.